The van der Waals surface area contributed by atoms with Crippen LogP contribution < -0.4 is 0 Å². The first kappa shape index (κ1) is 9.56. The molecular weight excluding hydrogens is 139 g/mol. The Kier molecular flexibility index (Phi) is 17.2. The summed E-state index contributed by atoms with van der Waals surface area (Å²) in [5.74, 6) is 0. The zero-order valence-corrected chi connectivity index (χ0v) is 6.86. The van der Waals surface area contributed by atoms with Crippen LogP contribution in [0.15, 0.2) is 0 Å². The molecule has 0 N–H and O–H groups in total. The van der Waals surface area contributed by atoms with E-state index in [1.165, 1.54) is 11.7 Å². The predicted octanol–water partition coefficient (Wildman–Crippen LogP) is 0.560. The average molecular weight is 149 g/mol. The monoisotopic (exact) mass is 150 g/mol. The van der Waals surface area contributed by atoms with Gasteiger partial charge in [0.25, 0.3) is 0 Å². The molecule has 0 nitrogen and oxygen atoms in total. The largest absolute Gasteiger partial charge is 2.00 e. The minimum absolute atomic E-state index is 0. The minimum atomic E-state index is 0. The average Bonchev–Trinajstić information content (AvgIpc) is 1.37. The van der Waals surface area contributed by atoms with Crippen LogP contribution in [0, 0.1) is 0 Å². The fraction of sp³-hybridized carbons (Fsp3) is 1.00. The molecule has 0 aliphatic rings. The quantitative estimate of drug-likeness (QED) is 0.478. The molecule has 0 aromatic heterocycles. The van der Waals surface area contributed by atoms with Crippen LogP contribution in [0.5, 0.6) is 0 Å². The van der Waals surface area contributed by atoms with Crippen molar-refractivity contribution in [1.82, 2.24) is 0 Å². The minimum Gasteiger partial charge on any atom is -1.00 e. The van der Waals surface area contributed by atoms with Crippen molar-refractivity contribution >= 4 is 39.1 Å². The van der Waals surface area contributed by atoms with Gasteiger partial charge < -0.3 is 2.85 Å². The Labute approximate surface area is 60.6 Å². The summed E-state index contributed by atoms with van der Waals surface area (Å²) in [5.41, 5.74) is 0. The third-order valence-electron chi connectivity index (χ3n) is 0.224. The van der Waals surface area contributed by atoms with E-state index >= 15 is 0 Å². The van der Waals surface area contributed by atoms with Crippen molar-refractivity contribution < 1.29 is 2.85 Å². The van der Waals surface area contributed by atoms with Crippen LogP contribution in [0.4, 0.5) is 0 Å². The van der Waals surface area contributed by atoms with Crippen molar-refractivity contribution in [2.75, 3.05) is 0 Å². The topological polar surface area (TPSA) is 0 Å². The molecule has 2 heteroatoms. The molecule has 0 fully saturated rings. The molecule has 30 valence electrons. The molecule has 0 bridgehead atoms. The van der Waals surface area contributed by atoms with Crippen LogP contribution in [0.1, 0.15) is 16.2 Å². The number of hydrogen-bond acceptors (Lipinski definition) is 0. The second-order valence-corrected chi connectivity index (χ2v) is 1.66. The molecule has 0 unspecified atom stereocenters. The van der Waals surface area contributed by atoms with E-state index in [4.69, 9.17) is 0 Å². The first-order valence-corrected chi connectivity index (χ1v) is 2.85. The number of hydrogen-bond donors (Lipinski definition) is 0. The third-order valence-corrected chi connectivity index (χ3v) is 1.16. The van der Waals surface area contributed by atoms with Gasteiger partial charge in [0, 0.05) is 0 Å². The van der Waals surface area contributed by atoms with E-state index in [-0.39, 0.29) is 25.9 Å². The second-order valence-electron chi connectivity index (χ2n) is 0.724. The Bertz CT molecular complexity index is 14.9. The summed E-state index contributed by atoms with van der Waals surface area (Å²) in [7, 11) is 0. The van der Waals surface area contributed by atoms with Crippen molar-refractivity contribution in [1.29, 1.82) is 0 Å². The van der Waals surface area contributed by atoms with Crippen LogP contribution in [-0.2, 0) is 0 Å². The molecule has 0 aliphatic heterocycles. The zero-order chi connectivity index (χ0) is 3.41. The molecule has 0 radical (unpaired) electrons. The maximum Gasteiger partial charge on any atom is 2.00 e. The number of rotatable bonds is 1. The first-order valence-electron chi connectivity index (χ1n) is 1.52. The van der Waals surface area contributed by atoms with Crippen LogP contribution >= 0.6 is 0 Å². The van der Waals surface area contributed by atoms with Gasteiger partial charge in [-0.05, 0) is 0 Å². The molecule has 0 amide bonds. The van der Waals surface area contributed by atoms with Crippen molar-refractivity contribution in [3.63, 3.8) is 0 Å². The summed E-state index contributed by atoms with van der Waals surface area (Å²) >= 11 is 2.54. The van der Waals surface area contributed by atoms with Crippen LogP contribution in [0.25, 0.3) is 0 Å². The third kappa shape index (κ3) is 10.9. The van der Waals surface area contributed by atoms with Gasteiger partial charge in [-0.2, -0.15) is 0 Å². The van der Waals surface area contributed by atoms with Gasteiger partial charge in [0.05, 0.1) is 0 Å². The summed E-state index contributed by atoms with van der Waals surface area (Å²) in [6.07, 6.45) is 1.29. The molecule has 0 atom stereocenters. The zero-order valence-electron chi connectivity index (χ0n) is 5.57. The summed E-state index contributed by atoms with van der Waals surface area (Å²) in [6.45, 7) is 2.16. The molecule has 5 heavy (non-hydrogen) atoms. The van der Waals surface area contributed by atoms with Gasteiger partial charge in [0.1, 0.15) is 0 Å². The van der Waals surface area contributed by atoms with Crippen molar-refractivity contribution in [3.8, 4) is 0 Å². The summed E-state index contributed by atoms with van der Waals surface area (Å²) in [4.78, 5) is 0. The summed E-state index contributed by atoms with van der Waals surface area (Å²) in [6, 6.07) is 0. The van der Waals surface area contributed by atoms with Gasteiger partial charge in [0.2, 0.25) is 0 Å². The van der Waals surface area contributed by atoms with Gasteiger partial charge in [-0.3, -0.25) is 0 Å². The Morgan fingerprint density at radius 1 is 1.80 bits per heavy atom. The van der Waals surface area contributed by atoms with Gasteiger partial charge in [-0.15, -0.1) is 0 Å². The molecule has 0 aromatic carbocycles. The van der Waals surface area contributed by atoms with Gasteiger partial charge in [-0.1, -0.05) is 0 Å². The smallest absolute Gasteiger partial charge is 1.00 e. The molecule has 0 heterocycles. The molecule has 0 saturated heterocycles. The van der Waals surface area contributed by atoms with Crippen molar-refractivity contribution in [2.45, 2.75) is 18.7 Å². The Balaban J connectivity index is -0.0000000150. The van der Waals surface area contributed by atoms with E-state index in [2.05, 4.69) is 22.9 Å². The Morgan fingerprint density at radius 2 is 2.00 bits per heavy atom. The Morgan fingerprint density at radius 3 is 2.00 bits per heavy atom. The van der Waals surface area contributed by atoms with Gasteiger partial charge >= 0.3 is 57.7 Å². The SMILES string of the molecule is CCC[SeH].[H-].[H-].[Mg+2]. The van der Waals surface area contributed by atoms with Crippen molar-refractivity contribution in [2.24, 2.45) is 0 Å². The van der Waals surface area contributed by atoms with Crippen molar-refractivity contribution in [3.05, 3.63) is 0 Å². The van der Waals surface area contributed by atoms with E-state index in [0.29, 0.717) is 0 Å². The van der Waals surface area contributed by atoms with E-state index in [0.717, 1.165) is 0 Å². The van der Waals surface area contributed by atoms with Gasteiger partial charge in [0.15, 0.2) is 0 Å². The standard InChI is InChI=1S/C3H8Se.Mg.2H/c1-2-3-4;;;/h4H,2-3H2,1H3;;;/q;+2;2*-1. The fourth-order valence-electron chi connectivity index (χ4n) is 0. The van der Waals surface area contributed by atoms with Crippen LogP contribution in [-0.4, -0.2) is 39.1 Å². The first-order chi connectivity index (χ1) is 1.91. The normalized spacial score (nSPS) is 6.00. The van der Waals surface area contributed by atoms with Crippen LogP contribution in [0.3, 0.4) is 0 Å². The van der Waals surface area contributed by atoms with E-state index in [9.17, 15) is 0 Å². The maximum atomic E-state index is 2.54. The van der Waals surface area contributed by atoms with E-state index < -0.39 is 0 Å². The molecule has 0 aromatic rings. The predicted molar refractivity (Wildman–Crippen MR) is 30.2 cm³/mol. The Hall–Kier alpha value is 1.29. The molecule has 0 spiro atoms. The molecule has 0 rings (SSSR count). The van der Waals surface area contributed by atoms with E-state index in [1.807, 2.05) is 0 Å². The van der Waals surface area contributed by atoms with E-state index in [1.54, 1.807) is 0 Å². The molecular formula is C3H10MgSe. The summed E-state index contributed by atoms with van der Waals surface area (Å²) < 4.78 is 0. The maximum absolute atomic E-state index is 2.54. The van der Waals surface area contributed by atoms with Gasteiger partial charge in [-0.25, -0.2) is 0 Å². The molecule has 0 aliphatic carbocycles. The van der Waals surface area contributed by atoms with Crippen LogP contribution in [0.2, 0.25) is 5.32 Å². The fourth-order valence-corrected chi connectivity index (χ4v) is 0. The summed E-state index contributed by atoms with van der Waals surface area (Å²) in [5, 5.41) is 1.26. The molecule has 0 saturated carbocycles. The second kappa shape index (κ2) is 8.99.